The molecule has 1 atom stereocenters. The number of rotatable bonds is 17. The number of nitrogens with zero attached hydrogens (tertiary/aromatic N) is 6. The second-order valence-electron chi connectivity index (χ2n) is 21.6. The summed E-state index contributed by atoms with van der Waals surface area (Å²) in [7, 11) is 73.9. The molecule has 0 saturated carbocycles. The zero-order chi connectivity index (χ0) is 73.4. The molecule has 6 aromatic rings. The normalized spacial score (nSPS) is 11.7. The van der Waals surface area contributed by atoms with Gasteiger partial charge >= 0.3 is 0 Å². The van der Waals surface area contributed by atoms with E-state index in [-0.39, 0.29) is 20.6 Å². The number of fused-ring (bicyclic) bond motifs is 3. The number of nitrogens with one attached hydrogen (secondary N) is 3. The zero-order valence-corrected chi connectivity index (χ0v) is 57.7. The van der Waals surface area contributed by atoms with Crippen LogP contribution in [-0.2, 0) is 40.3 Å². The van der Waals surface area contributed by atoms with Crippen molar-refractivity contribution in [2.75, 3.05) is 51.6 Å². The number of hydrogen-bond donors (Lipinski definition) is 3. The quantitative estimate of drug-likeness (QED) is 0.0906. The molecule has 0 bridgehead atoms. The van der Waals surface area contributed by atoms with E-state index in [0.717, 1.165) is 59.6 Å². The lowest BCUT2D eigenvalue weighted by atomic mass is 8.35. The average molecular weight is 1350 g/mol. The maximum atomic E-state index is 12.0. The Morgan fingerprint density at radius 3 is 1.20 bits per heavy atom. The molecule has 0 aliphatic carbocycles. The van der Waals surface area contributed by atoms with Crippen LogP contribution in [0.5, 0.6) is 0 Å². The Balaban J connectivity index is 0.000000336. The van der Waals surface area contributed by atoms with Gasteiger partial charge in [-0.25, -0.2) is 23.4 Å². The molecule has 0 amide bonds. The SMILES string of the molecule is C.C.C=C=C=C=C=C=C=C=C=C=C=C=C=C=C=C=C=C=C=C=C=C=C=C=C.O=S1(=O)CCN(Cc2cnc[nH]2)c2ccccc21.O=S1CCN(Cc2cnc[nH]2)c2ccccc21.[B][B]B(B([B])[B])B(B([B])[B])B(B(B([B])[B])B([B])[B])B(B([B])[B])B([B])[B].c1ccc2c(c1)SCCN2Cc1cnc[nH]1. The maximum absolute atomic E-state index is 12.0. The van der Waals surface area contributed by atoms with Crippen molar-refractivity contribution in [2.24, 2.45) is 0 Å². The Morgan fingerprint density at radius 1 is 0.466 bits per heavy atom. The minimum Gasteiger partial charge on any atom is -0.364 e. The van der Waals surface area contributed by atoms with Crippen molar-refractivity contribution in [3.8, 4) is 0 Å². The fourth-order valence-corrected chi connectivity index (χ4v) is 14.3. The fourth-order valence-electron chi connectivity index (χ4n) is 10.5. The van der Waals surface area contributed by atoms with Crippen molar-refractivity contribution in [3.05, 3.63) is 272 Å². The standard InChI is InChI=1S/C25H4.C12H13N3O2S.C12H13N3OS.C12H13N3S.2CH4.B25/c1-3-5-7-9-11-13-15-17-19-21-23-25-24-22-20-18-16-14-12-10-8-6-4-2;16-18(17)6-5-15(8-10-7-13-9-14-10)11-3-1-2-4-12(11)18;16-17-6-5-15(8-10-7-13-9-14-10)11-3-1-2-4-12(11)17;1-2-4-12-11(3-1)15(5-6-16-12)8-10-7-13-9-14-10;;;1-14-21(15(2)3)24(20(12)13)25(22(16(4)5)17(6)7)23(18(8)9)19(10)11/h1-2H2;1-4,7,9H,5-6,8H2,(H,13,14);1-4,7,9H,5-6,8H2,(H,13,14);1-4,7,9H,5-6,8H2,(H,13,14);2*1H4;. The number of para-hydroxylation sites is 3. The topological polar surface area (TPSA) is 147 Å². The number of thioether (sulfide) groups is 1. The van der Waals surface area contributed by atoms with Crippen molar-refractivity contribution in [1.29, 1.82) is 0 Å². The second-order valence-corrected chi connectivity index (χ2v) is 26.4. The number of sulfone groups is 1. The molecule has 12 nitrogen and oxygen atoms in total. The molecule has 103 heavy (non-hydrogen) atoms. The third-order valence-electron chi connectivity index (χ3n) is 14.8. The average Bonchev–Trinajstić information content (AvgIpc) is 1.39. The van der Waals surface area contributed by atoms with Gasteiger partial charge in [0.2, 0.25) is 0 Å². The molecule has 40 heteroatoms. The number of benzene rings is 3. The maximum Gasteiger partial charge on any atom is 0.182 e. The predicted molar refractivity (Wildman–Crippen MR) is 452 cm³/mol. The summed E-state index contributed by atoms with van der Waals surface area (Å²) in [6, 6.07) is 23.6. The molecule has 0 saturated heterocycles. The van der Waals surface area contributed by atoms with Gasteiger partial charge in [-0.2, -0.15) is 0 Å². The van der Waals surface area contributed by atoms with E-state index in [0.29, 0.717) is 23.7 Å². The first-order valence-electron chi connectivity index (χ1n) is 30.8. The molecule has 6 heterocycles. The summed E-state index contributed by atoms with van der Waals surface area (Å²) >= 11 is 1.94. The molecule has 3 N–H and O–H groups in total. The van der Waals surface area contributed by atoms with Crippen LogP contribution in [0.1, 0.15) is 31.9 Å². The Kier molecular flexibility index (Phi) is 42.3. The lowest BCUT2D eigenvalue weighted by molar-refractivity contribution is 0.589. The largest absolute Gasteiger partial charge is 0.364 e. The molecule has 1 unspecified atom stereocenters. The highest BCUT2D eigenvalue weighted by Gasteiger charge is 2.48. The van der Waals surface area contributed by atoms with Crippen molar-refractivity contribution in [1.82, 2.24) is 29.9 Å². The van der Waals surface area contributed by atoms with Gasteiger partial charge in [0.05, 0.1) is 99.1 Å². The minimum atomic E-state index is -3.12. The minimum absolute atomic E-state index is 0. The summed E-state index contributed by atoms with van der Waals surface area (Å²) in [4.78, 5) is 30.8. The van der Waals surface area contributed by atoms with Crippen molar-refractivity contribution < 1.29 is 12.6 Å². The number of hydrogen-bond acceptors (Lipinski definition) is 10. The molecular weight excluding hydrogens is 1300 g/mol. The predicted octanol–water partition coefficient (Wildman–Crippen LogP) is 1.38. The van der Waals surface area contributed by atoms with Crippen LogP contribution in [0.25, 0.3) is 0 Å². The molecule has 3 aromatic heterocycles. The van der Waals surface area contributed by atoms with Crippen molar-refractivity contribution in [2.45, 2.75) is 49.2 Å². The Bertz CT molecular complexity index is 4670. The monoisotopic (exact) mass is 1350 g/mol. The third-order valence-corrected chi connectivity index (χ3v) is 19.0. The van der Waals surface area contributed by atoms with Crippen molar-refractivity contribution in [3.63, 3.8) is 0 Å². The van der Waals surface area contributed by atoms with Gasteiger partial charge in [0.15, 0.2) is 9.84 Å². The van der Waals surface area contributed by atoms with Crippen LogP contribution in [0.4, 0.5) is 17.1 Å². The highest BCUT2D eigenvalue weighted by Crippen LogP contribution is 2.35. The van der Waals surface area contributed by atoms with Crippen LogP contribution in [0.15, 0.2) is 270 Å². The van der Waals surface area contributed by atoms with Crippen LogP contribution in [-0.4, -0.2) is 257 Å². The number of anilines is 3. The number of imidazole rings is 3. The van der Waals surface area contributed by atoms with Crippen LogP contribution in [0.3, 0.4) is 0 Å². The summed E-state index contributed by atoms with van der Waals surface area (Å²) in [5.74, 6) is 2.02. The number of H-pyrrole nitrogens is 3. The van der Waals surface area contributed by atoms with Gasteiger partial charge in [-0.3, -0.25) is 4.21 Å². The first-order chi connectivity index (χ1) is 48.7. The Hall–Kier alpha value is -8.56. The summed E-state index contributed by atoms with van der Waals surface area (Å²) in [6.45, 7) is 11.4. The number of aromatic nitrogens is 6. The number of aromatic amines is 3. The van der Waals surface area contributed by atoms with Gasteiger partial charge in [0, 0.05) is 261 Å². The van der Waals surface area contributed by atoms with Gasteiger partial charge in [-0.1, -0.05) is 62.7 Å². The molecule has 0 spiro atoms. The highest BCUT2D eigenvalue weighted by molar-refractivity contribution is 8.24. The Labute approximate surface area is 638 Å². The lowest BCUT2D eigenvalue weighted by Gasteiger charge is -2.47. The van der Waals surface area contributed by atoms with E-state index in [1.54, 1.807) is 37.3 Å². The van der Waals surface area contributed by atoms with Gasteiger partial charge in [-0.05, 0) is 141 Å². The third kappa shape index (κ3) is 30.4. The summed E-state index contributed by atoms with van der Waals surface area (Å²) in [5, 5.41) is 0. The van der Waals surface area contributed by atoms with Crippen LogP contribution in [0, 0.1) is 0 Å². The second kappa shape index (κ2) is 49.2. The summed E-state index contributed by atoms with van der Waals surface area (Å²) in [5.41, 5.74) is 63.3. The molecule has 3 aliphatic heterocycles. The van der Waals surface area contributed by atoms with E-state index in [4.69, 9.17) is 101 Å². The summed E-state index contributed by atoms with van der Waals surface area (Å²) < 4.78 is 35.8. The molecule has 3 aromatic carbocycles. The fraction of sp³-hybridized carbons (Fsp3) is 0.175. The first kappa shape index (κ1) is 88.7. The molecule has 9 rings (SSSR count). The van der Waals surface area contributed by atoms with E-state index in [1.165, 1.54) is 23.3 Å². The van der Waals surface area contributed by atoms with Crippen LogP contribution >= 0.6 is 11.8 Å². The molecule has 459 valence electrons. The van der Waals surface area contributed by atoms with E-state index in [1.807, 2.05) is 60.6 Å². The van der Waals surface area contributed by atoms with Gasteiger partial charge in [0.25, 0.3) is 0 Å². The van der Waals surface area contributed by atoms with Crippen LogP contribution < -0.4 is 14.7 Å². The van der Waals surface area contributed by atoms with E-state index in [9.17, 15) is 12.6 Å². The van der Waals surface area contributed by atoms with Crippen LogP contribution in [0.2, 0.25) is 0 Å². The van der Waals surface area contributed by atoms with Crippen molar-refractivity contribution >= 4 is 227 Å². The smallest absolute Gasteiger partial charge is 0.182 e. The van der Waals surface area contributed by atoms with E-state index >= 15 is 0 Å². The first-order valence-corrected chi connectivity index (χ1v) is 34.8. The van der Waals surface area contributed by atoms with Gasteiger partial charge in [-0.15, -0.1) is 11.8 Å². The Morgan fingerprint density at radius 2 is 0.825 bits per heavy atom. The molecular formula is C63H51B25N9O3S3. The van der Waals surface area contributed by atoms with Gasteiger partial charge < -0.3 is 29.7 Å². The van der Waals surface area contributed by atoms with Gasteiger partial charge in [0.1, 0.15) is 0 Å². The lowest BCUT2D eigenvalue weighted by Crippen LogP contribution is -2.85. The highest BCUT2D eigenvalue weighted by atomic mass is 32.2. The summed E-state index contributed by atoms with van der Waals surface area (Å²) in [6.07, 6.45) is 1.33. The van der Waals surface area contributed by atoms with E-state index < -0.39 is 90.9 Å². The molecule has 3 aliphatic rings. The van der Waals surface area contributed by atoms with E-state index in [2.05, 4.69) is 214 Å². The molecule has 27 radical (unpaired) electrons. The molecule has 0 fully saturated rings. The zero-order valence-electron chi connectivity index (χ0n) is 55.2.